The van der Waals surface area contributed by atoms with Gasteiger partial charge in [-0.1, -0.05) is 23.4 Å². The van der Waals surface area contributed by atoms with E-state index in [2.05, 4.69) is 19.9 Å². The fourth-order valence-corrected chi connectivity index (χ4v) is 3.90. The number of amidine groups is 1. The SMILES string of the molecule is CN/C(=N\O)c1cccc2c1CC[C@@H]2NS(=O)(=O)CC(=O)OC. The average molecular weight is 341 g/mol. The van der Waals surface area contributed by atoms with Gasteiger partial charge < -0.3 is 15.3 Å². The summed E-state index contributed by atoms with van der Waals surface area (Å²) >= 11 is 0. The molecule has 3 N–H and O–H groups in total. The van der Waals surface area contributed by atoms with Crippen LogP contribution in [0.2, 0.25) is 0 Å². The lowest BCUT2D eigenvalue weighted by molar-refractivity contribution is -0.137. The van der Waals surface area contributed by atoms with Gasteiger partial charge >= 0.3 is 5.97 Å². The molecule has 8 nitrogen and oxygen atoms in total. The smallest absolute Gasteiger partial charge is 0.322 e. The van der Waals surface area contributed by atoms with Crippen LogP contribution in [-0.4, -0.2) is 45.3 Å². The molecule has 1 aliphatic rings. The maximum Gasteiger partial charge on any atom is 0.322 e. The van der Waals surface area contributed by atoms with Crippen molar-refractivity contribution in [3.63, 3.8) is 0 Å². The molecule has 0 aliphatic heterocycles. The van der Waals surface area contributed by atoms with Crippen molar-refractivity contribution < 1.29 is 23.2 Å². The molecule has 1 aromatic rings. The molecule has 0 unspecified atom stereocenters. The maximum absolute atomic E-state index is 12.0. The summed E-state index contributed by atoms with van der Waals surface area (Å²) in [5, 5.41) is 15.1. The number of carbonyl (C=O) groups excluding carboxylic acids is 1. The third-order valence-corrected chi connectivity index (χ3v) is 4.98. The minimum Gasteiger partial charge on any atom is -0.468 e. The Morgan fingerprint density at radius 2 is 2.22 bits per heavy atom. The lowest BCUT2D eigenvalue weighted by atomic mass is 10.0. The van der Waals surface area contributed by atoms with Crippen LogP contribution in [-0.2, 0) is 26.0 Å². The minimum atomic E-state index is -3.78. The van der Waals surface area contributed by atoms with Gasteiger partial charge in [-0.05, 0) is 24.0 Å². The molecule has 0 amide bonds. The highest BCUT2D eigenvalue weighted by Crippen LogP contribution is 2.34. The van der Waals surface area contributed by atoms with Crippen LogP contribution in [0.4, 0.5) is 0 Å². The second kappa shape index (κ2) is 6.97. The van der Waals surface area contributed by atoms with E-state index in [9.17, 15) is 13.2 Å². The summed E-state index contributed by atoms with van der Waals surface area (Å²) in [7, 11) is -1.00. The number of hydrogen-bond donors (Lipinski definition) is 3. The molecule has 9 heteroatoms. The van der Waals surface area contributed by atoms with Gasteiger partial charge in [-0.2, -0.15) is 0 Å². The number of rotatable bonds is 5. The third kappa shape index (κ3) is 3.80. The first-order chi connectivity index (χ1) is 10.9. The van der Waals surface area contributed by atoms with E-state index in [1.54, 1.807) is 19.2 Å². The van der Waals surface area contributed by atoms with Crippen molar-refractivity contribution in [2.24, 2.45) is 5.16 Å². The van der Waals surface area contributed by atoms with Gasteiger partial charge in [0.2, 0.25) is 10.0 Å². The Labute approximate surface area is 134 Å². The Hall–Kier alpha value is -2.13. The predicted octanol–water partition coefficient (Wildman–Crippen LogP) is 0.122. The first-order valence-corrected chi connectivity index (χ1v) is 8.66. The fourth-order valence-electron chi connectivity index (χ4n) is 2.71. The Morgan fingerprint density at radius 1 is 1.48 bits per heavy atom. The van der Waals surface area contributed by atoms with Gasteiger partial charge in [0.1, 0.15) is 0 Å². The molecule has 1 aromatic carbocycles. The number of nitrogens with one attached hydrogen (secondary N) is 2. The highest BCUT2D eigenvalue weighted by molar-refractivity contribution is 7.90. The van der Waals surface area contributed by atoms with E-state index in [1.807, 2.05) is 6.07 Å². The van der Waals surface area contributed by atoms with Gasteiger partial charge in [0.15, 0.2) is 11.6 Å². The van der Waals surface area contributed by atoms with E-state index >= 15 is 0 Å². The molecule has 0 spiro atoms. The first kappa shape index (κ1) is 17.2. The number of esters is 1. The molecule has 0 heterocycles. The van der Waals surface area contributed by atoms with Crippen LogP contribution in [0.1, 0.15) is 29.2 Å². The molecular formula is C14H19N3O5S. The zero-order valence-electron chi connectivity index (χ0n) is 12.9. The van der Waals surface area contributed by atoms with Crippen molar-refractivity contribution >= 4 is 21.8 Å². The zero-order chi connectivity index (χ0) is 17.0. The van der Waals surface area contributed by atoms with Crippen LogP contribution in [0.15, 0.2) is 23.4 Å². The van der Waals surface area contributed by atoms with Gasteiger partial charge in [-0.25, -0.2) is 13.1 Å². The molecule has 0 radical (unpaired) electrons. The molecule has 0 bridgehead atoms. The largest absolute Gasteiger partial charge is 0.468 e. The normalized spacial score (nSPS) is 17.7. The highest BCUT2D eigenvalue weighted by atomic mass is 32.2. The lowest BCUT2D eigenvalue weighted by Crippen LogP contribution is -2.33. The molecule has 0 aromatic heterocycles. The van der Waals surface area contributed by atoms with Crippen molar-refractivity contribution in [1.82, 2.24) is 10.0 Å². The standard InChI is InChI=1S/C14H19N3O5S/c1-15-14(16-19)11-5-3-4-10-9(11)6-7-12(10)17-23(20,21)8-13(18)22-2/h3-5,12,17,19H,6-8H2,1-2H3,(H,15,16)/t12-/m0/s1. The molecule has 2 rings (SSSR count). The number of fused-ring (bicyclic) bond motifs is 1. The molecule has 23 heavy (non-hydrogen) atoms. The number of carbonyl (C=O) groups is 1. The van der Waals surface area contributed by atoms with Crippen LogP contribution in [0, 0.1) is 0 Å². The van der Waals surface area contributed by atoms with E-state index in [-0.39, 0.29) is 0 Å². The zero-order valence-corrected chi connectivity index (χ0v) is 13.7. The van der Waals surface area contributed by atoms with Crippen LogP contribution in [0.25, 0.3) is 0 Å². The van der Waals surface area contributed by atoms with E-state index < -0.39 is 27.8 Å². The van der Waals surface area contributed by atoms with Crippen molar-refractivity contribution in [2.45, 2.75) is 18.9 Å². The second-order valence-electron chi connectivity index (χ2n) is 5.12. The Balaban J connectivity index is 2.26. The number of hydrogen-bond acceptors (Lipinski definition) is 6. The molecule has 0 fully saturated rings. The number of benzene rings is 1. The van der Waals surface area contributed by atoms with E-state index in [0.717, 1.165) is 23.8 Å². The summed E-state index contributed by atoms with van der Waals surface area (Å²) in [5.41, 5.74) is 2.45. The highest BCUT2D eigenvalue weighted by Gasteiger charge is 2.30. The van der Waals surface area contributed by atoms with E-state index in [1.165, 1.54) is 0 Å². The van der Waals surface area contributed by atoms with Crippen molar-refractivity contribution in [1.29, 1.82) is 0 Å². The van der Waals surface area contributed by atoms with Gasteiger partial charge in [0, 0.05) is 18.7 Å². The second-order valence-corrected chi connectivity index (χ2v) is 6.87. The summed E-state index contributed by atoms with van der Waals surface area (Å²) < 4.78 is 30.9. The Bertz CT molecular complexity index is 730. The summed E-state index contributed by atoms with van der Waals surface area (Å²) in [6, 6.07) is 4.97. The van der Waals surface area contributed by atoms with Crippen LogP contribution >= 0.6 is 0 Å². The molecule has 126 valence electrons. The number of methoxy groups -OCH3 is 1. The topological polar surface area (TPSA) is 117 Å². The third-order valence-electron chi connectivity index (χ3n) is 3.72. The van der Waals surface area contributed by atoms with Crippen LogP contribution in [0.3, 0.4) is 0 Å². The van der Waals surface area contributed by atoms with Crippen LogP contribution in [0.5, 0.6) is 0 Å². The predicted molar refractivity (Wildman–Crippen MR) is 83.8 cm³/mol. The van der Waals surface area contributed by atoms with E-state index in [4.69, 9.17) is 5.21 Å². The van der Waals surface area contributed by atoms with Gasteiger partial charge in [0.05, 0.1) is 7.11 Å². The maximum atomic E-state index is 12.0. The lowest BCUT2D eigenvalue weighted by Gasteiger charge is -2.15. The van der Waals surface area contributed by atoms with E-state index in [0.29, 0.717) is 18.7 Å². The van der Waals surface area contributed by atoms with Crippen LogP contribution < -0.4 is 10.0 Å². The number of sulfonamides is 1. The molecular weight excluding hydrogens is 322 g/mol. The summed E-state index contributed by atoms with van der Waals surface area (Å²) in [6.07, 6.45) is 1.20. The van der Waals surface area contributed by atoms with Gasteiger partial charge in [-0.3, -0.25) is 4.79 Å². The van der Waals surface area contributed by atoms with Crippen molar-refractivity contribution in [3.05, 3.63) is 34.9 Å². The van der Waals surface area contributed by atoms with Gasteiger partial charge in [-0.15, -0.1) is 0 Å². The average Bonchev–Trinajstić information content (AvgIpc) is 2.91. The summed E-state index contributed by atoms with van der Waals surface area (Å²) in [6.45, 7) is 0. The fraction of sp³-hybridized carbons (Fsp3) is 0.429. The minimum absolute atomic E-state index is 0.319. The van der Waals surface area contributed by atoms with Crippen molar-refractivity contribution in [2.75, 3.05) is 19.9 Å². The molecule has 0 saturated carbocycles. The number of nitrogens with zero attached hydrogens (tertiary/aromatic N) is 1. The Kier molecular flexibility index (Phi) is 5.22. The quantitative estimate of drug-likeness (QED) is 0.230. The summed E-state index contributed by atoms with van der Waals surface area (Å²) in [5.74, 6) is -1.20. The molecule has 0 saturated heterocycles. The molecule has 1 aliphatic carbocycles. The first-order valence-electron chi connectivity index (χ1n) is 7.00. The number of oxime groups is 1. The van der Waals surface area contributed by atoms with Crippen molar-refractivity contribution in [3.8, 4) is 0 Å². The Morgan fingerprint density at radius 3 is 2.83 bits per heavy atom. The monoisotopic (exact) mass is 341 g/mol. The van der Waals surface area contributed by atoms with Gasteiger partial charge in [0.25, 0.3) is 0 Å². The summed E-state index contributed by atoms with van der Waals surface area (Å²) in [4.78, 5) is 11.2. The number of ether oxygens (including phenoxy) is 1. The molecule has 1 atom stereocenters.